The van der Waals surface area contributed by atoms with Crippen molar-refractivity contribution in [2.45, 2.75) is 0 Å². The van der Waals surface area contributed by atoms with Crippen LogP contribution >= 0.6 is 0 Å². The Morgan fingerprint density at radius 2 is 0.633 bits per heavy atom. The quantitative estimate of drug-likeness (QED) is 0.175. The fourth-order valence-corrected chi connectivity index (χ4v) is 8.37. The van der Waals surface area contributed by atoms with Gasteiger partial charge in [0.05, 0.1) is 0 Å². The van der Waals surface area contributed by atoms with Crippen LogP contribution in [0.2, 0.25) is 0 Å². The Labute approximate surface area is 282 Å². The van der Waals surface area contributed by atoms with Gasteiger partial charge in [-0.1, -0.05) is 140 Å². The minimum atomic E-state index is 0.910. The predicted molar refractivity (Wildman–Crippen MR) is 210 cm³/mol. The Bertz CT molecular complexity index is 3090. The number of benzene rings is 10. The molecule has 0 N–H and O–H groups in total. The SMILES string of the molecule is c1cc(-c2ccc3oc4c(ccc5c6ccccc6c6ccccc6c54)c3c2)cc(-c2ccc3c4ccccc4c4ccccc4c3c2)c1. The van der Waals surface area contributed by atoms with Crippen LogP contribution in [-0.4, -0.2) is 0 Å². The molecule has 0 radical (unpaired) electrons. The number of fused-ring (bicyclic) bond motifs is 16. The number of furan rings is 1. The normalized spacial score (nSPS) is 12.1. The summed E-state index contributed by atoms with van der Waals surface area (Å²) in [5.41, 5.74) is 6.66. The minimum absolute atomic E-state index is 0.910. The maximum Gasteiger partial charge on any atom is 0.143 e. The van der Waals surface area contributed by atoms with Gasteiger partial charge in [-0.2, -0.15) is 0 Å². The summed E-state index contributed by atoms with van der Waals surface area (Å²) in [4.78, 5) is 0. The molecule has 49 heavy (non-hydrogen) atoms. The molecule has 11 rings (SSSR count). The fourth-order valence-electron chi connectivity index (χ4n) is 8.37. The average molecular weight is 621 g/mol. The van der Waals surface area contributed by atoms with Crippen LogP contribution in [0.3, 0.4) is 0 Å². The van der Waals surface area contributed by atoms with Gasteiger partial charge in [0.2, 0.25) is 0 Å². The van der Waals surface area contributed by atoms with Gasteiger partial charge in [0, 0.05) is 16.2 Å². The Kier molecular flexibility index (Phi) is 5.45. The summed E-state index contributed by atoms with van der Waals surface area (Å²) in [5.74, 6) is 0. The first-order valence-corrected chi connectivity index (χ1v) is 16.9. The van der Waals surface area contributed by atoms with Gasteiger partial charge in [0.1, 0.15) is 11.2 Å². The lowest BCUT2D eigenvalue weighted by Gasteiger charge is -2.12. The lowest BCUT2D eigenvalue weighted by atomic mass is 9.91. The van der Waals surface area contributed by atoms with Crippen LogP contribution in [0.25, 0.3) is 109 Å². The van der Waals surface area contributed by atoms with Crippen molar-refractivity contribution in [3.8, 4) is 22.3 Å². The molecule has 1 heteroatoms. The van der Waals surface area contributed by atoms with Crippen LogP contribution in [0.1, 0.15) is 0 Å². The van der Waals surface area contributed by atoms with Gasteiger partial charge in [0.15, 0.2) is 0 Å². The van der Waals surface area contributed by atoms with E-state index in [1.54, 1.807) is 0 Å². The van der Waals surface area contributed by atoms with Gasteiger partial charge in [-0.25, -0.2) is 0 Å². The zero-order valence-electron chi connectivity index (χ0n) is 26.6. The van der Waals surface area contributed by atoms with Gasteiger partial charge in [-0.05, 0) is 112 Å². The lowest BCUT2D eigenvalue weighted by molar-refractivity contribution is 0.673. The summed E-state index contributed by atoms with van der Waals surface area (Å²) in [7, 11) is 0. The zero-order valence-corrected chi connectivity index (χ0v) is 26.6. The first-order chi connectivity index (χ1) is 24.3. The third kappa shape index (κ3) is 3.82. The lowest BCUT2D eigenvalue weighted by Crippen LogP contribution is -1.86. The van der Waals surface area contributed by atoms with Crippen LogP contribution in [0.4, 0.5) is 0 Å². The monoisotopic (exact) mass is 620 g/mol. The van der Waals surface area contributed by atoms with Gasteiger partial charge < -0.3 is 4.42 Å². The van der Waals surface area contributed by atoms with E-state index in [0.29, 0.717) is 0 Å². The van der Waals surface area contributed by atoms with Crippen LogP contribution in [0.5, 0.6) is 0 Å². The molecule has 0 aliphatic rings. The molecule has 11 aromatic rings. The molecule has 0 bridgehead atoms. The molecule has 0 aliphatic heterocycles. The molecule has 0 fully saturated rings. The van der Waals surface area contributed by atoms with Crippen molar-refractivity contribution in [2.75, 3.05) is 0 Å². The van der Waals surface area contributed by atoms with E-state index in [9.17, 15) is 0 Å². The predicted octanol–water partition coefficient (Wildman–Crippen LogP) is 13.8. The second-order valence-electron chi connectivity index (χ2n) is 13.2. The second kappa shape index (κ2) is 10.0. The third-order valence-electron chi connectivity index (χ3n) is 10.6. The molecular formula is C48H28O. The summed E-state index contributed by atoms with van der Waals surface area (Å²) in [6.45, 7) is 0. The summed E-state index contributed by atoms with van der Waals surface area (Å²) < 4.78 is 6.71. The summed E-state index contributed by atoms with van der Waals surface area (Å²) in [6, 6.07) is 62.0. The summed E-state index contributed by atoms with van der Waals surface area (Å²) in [6.07, 6.45) is 0. The highest BCUT2D eigenvalue weighted by Gasteiger charge is 2.17. The van der Waals surface area contributed by atoms with Crippen LogP contribution in [0.15, 0.2) is 174 Å². The largest absolute Gasteiger partial charge is 0.455 e. The number of rotatable bonds is 2. The van der Waals surface area contributed by atoms with E-state index >= 15 is 0 Å². The minimum Gasteiger partial charge on any atom is -0.455 e. The molecule has 0 spiro atoms. The Morgan fingerprint density at radius 3 is 1.22 bits per heavy atom. The molecule has 1 nitrogen and oxygen atoms in total. The summed E-state index contributed by atoms with van der Waals surface area (Å²) >= 11 is 0. The molecule has 0 aliphatic carbocycles. The van der Waals surface area contributed by atoms with E-state index in [1.807, 2.05) is 0 Å². The Morgan fingerprint density at radius 1 is 0.245 bits per heavy atom. The first-order valence-electron chi connectivity index (χ1n) is 16.9. The van der Waals surface area contributed by atoms with Gasteiger partial charge in [-0.15, -0.1) is 0 Å². The molecule has 0 saturated carbocycles. The maximum absolute atomic E-state index is 6.71. The van der Waals surface area contributed by atoms with E-state index < -0.39 is 0 Å². The topological polar surface area (TPSA) is 13.1 Å². The molecular weight excluding hydrogens is 593 g/mol. The van der Waals surface area contributed by atoms with E-state index in [1.165, 1.54) is 86.9 Å². The highest BCUT2D eigenvalue weighted by atomic mass is 16.3. The number of hydrogen-bond donors (Lipinski definition) is 0. The van der Waals surface area contributed by atoms with Crippen molar-refractivity contribution in [2.24, 2.45) is 0 Å². The molecule has 0 saturated heterocycles. The Balaban J connectivity index is 1.08. The van der Waals surface area contributed by atoms with Crippen molar-refractivity contribution in [3.05, 3.63) is 170 Å². The number of hydrogen-bond acceptors (Lipinski definition) is 1. The van der Waals surface area contributed by atoms with Crippen molar-refractivity contribution < 1.29 is 4.42 Å². The van der Waals surface area contributed by atoms with Gasteiger partial charge in [-0.3, -0.25) is 0 Å². The molecule has 1 heterocycles. The molecule has 0 amide bonds. The maximum atomic E-state index is 6.71. The van der Waals surface area contributed by atoms with Gasteiger partial charge >= 0.3 is 0 Å². The van der Waals surface area contributed by atoms with Crippen LogP contribution < -0.4 is 0 Å². The van der Waals surface area contributed by atoms with Gasteiger partial charge in [0.25, 0.3) is 0 Å². The van der Waals surface area contributed by atoms with E-state index in [0.717, 1.165) is 21.9 Å². The van der Waals surface area contributed by atoms with E-state index in [2.05, 4.69) is 170 Å². The standard InChI is InChI=1S/C48H28O/c1-2-14-35-33(12-1)34-13-4-6-18-39(34)44-27-31(20-22-40(35)44)29-10-9-11-30(26-29)32-21-25-46-45(28-32)43-24-23-42-38-17-5-3-15-36(38)37-16-7-8-19-41(37)47(42)48(43)49-46/h1-28H. The third-order valence-corrected chi connectivity index (χ3v) is 10.6. The molecule has 10 aromatic carbocycles. The van der Waals surface area contributed by atoms with Crippen molar-refractivity contribution in [1.29, 1.82) is 0 Å². The van der Waals surface area contributed by atoms with Crippen LogP contribution in [-0.2, 0) is 0 Å². The highest BCUT2D eigenvalue weighted by molar-refractivity contribution is 6.32. The van der Waals surface area contributed by atoms with E-state index in [4.69, 9.17) is 4.42 Å². The van der Waals surface area contributed by atoms with Crippen LogP contribution in [0, 0.1) is 0 Å². The average Bonchev–Trinajstić information content (AvgIpc) is 3.56. The molecule has 1 aromatic heterocycles. The molecule has 226 valence electrons. The molecule has 0 atom stereocenters. The first kappa shape index (κ1) is 26.6. The summed E-state index contributed by atoms with van der Waals surface area (Å²) in [5, 5.41) is 17.5. The zero-order chi connectivity index (χ0) is 32.1. The highest BCUT2D eigenvalue weighted by Crippen LogP contribution is 2.43. The van der Waals surface area contributed by atoms with Crippen molar-refractivity contribution in [3.63, 3.8) is 0 Å². The molecule has 0 unspecified atom stereocenters. The van der Waals surface area contributed by atoms with Crippen molar-refractivity contribution in [1.82, 2.24) is 0 Å². The fraction of sp³-hybridized carbons (Fsp3) is 0. The smallest absolute Gasteiger partial charge is 0.143 e. The van der Waals surface area contributed by atoms with Crippen molar-refractivity contribution >= 4 is 86.6 Å². The second-order valence-corrected chi connectivity index (χ2v) is 13.2. The Hall–Kier alpha value is -6.44. The van der Waals surface area contributed by atoms with E-state index in [-0.39, 0.29) is 0 Å².